The maximum atomic E-state index is 12.5. The average Bonchev–Trinajstić information content (AvgIpc) is 3.01. The van der Waals surface area contributed by atoms with E-state index in [4.69, 9.17) is 0 Å². The molecule has 0 unspecified atom stereocenters. The van der Waals surface area contributed by atoms with E-state index in [9.17, 15) is 21.6 Å². The zero-order chi connectivity index (χ0) is 22.2. The van der Waals surface area contributed by atoms with Crippen LogP contribution in [0.1, 0.15) is 37.6 Å². The van der Waals surface area contributed by atoms with Crippen LogP contribution >= 0.6 is 0 Å². The molecular formula is C20H25N3O5S2. The highest BCUT2D eigenvalue weighted by molar-refractivity contribution is 7.94. The predicted molar refractivity (Wildman–Crippen MR) is 119 cm³/mol. The Morgan fingerprint density at radius 2 is 1.53 bits per heavy atom. The second kappa shape index (κ2) is 7.92. The first kappa shape index (κ1) is 22.1. The molecule has 0 aliphatic carbocycles. The zero-order valence-corrected chi connectivity index (χ0v) is 18.7. The molecule has 0 spiro atoms. The number of hydrogen-bond donors (Lipinski definition) is 2. The lowest BCUT2D eigenvalue weighted by Crippen LogP contribution is -2.33. The van der Waals surface area contributed by atoms with Gasteiger partial charge in [0.1, 0.15) is 0 Å². The van der Waals surface area contributed by atoms with Crippen molar-refractivity contribution in [1.29, 1.82) is 0 Å². The summed E-state index contributed by atoms with van der Waals surface area (Å²) in [4.78, 5) is 12.5. The lowest BCUT2D eigenvalue weighted by Gasteiger charge is -2.20. The monoisotopic (exact) mass is 451 g/mol. The van der Waals surface area contributed by atoms with Gasteiger partial charge >= 0.3 is 0 Å². The highest BCUT2D eigenvalue weighted by Gasteiger charge is 2.29. The third-order valence-electron chi connectivity index (χ3n) is 4.72. The van der Waals surface area contributed by atoms with Gasteiger partial charge in [-0.1, -0.05) is 0 Å². The number of carbonyl (C=O) groups excluding carboxylic acids is 1. The van der Waals surface area contributed by atoms with Crippen LogP contribution in [0.5, 0.6) is 0 Å². The molecule has 1 aliphatic rings. The van der Waals surface area contributed by atoms with Crippen LogP contribution in [0.3, 0.4) is 0 Å². The van der Waals surface area contributed by atoms with E-state index in [0.29, 0.717) is 35.6 Å². The van der Waals surface area contributed by atoms with Gasteiger partial charge in [-0.3, -0.25) is 13.8 Å². The number of sulfonamides is 2. The largest absolute Gasteiger partial charge is 0.322 e. The van der Waals surface area contributed by atoms with Crippen molar-refractivity contribution in [2.75, 3.05) is 26.6 Å². The van der Waals surface area contributed by atoms with Gasteiger partial charge in [-0.2, -0.15) is 0 Å². The van der Waals surface area contributed by atoms with E-state index in [1.807, 2.05) is 0 Å². The van der Waals surface area contributed by atoms with Crippen LogP contribution in [0, 0.1) is 0 Å². The molecule has 0 aromatic heterocycles. The van der Waals surface area contributed by atoms with Crippen molar-refractivity contribution in [3.05, 3.63) is 54.1 Å². The topological polar surface area (TPSA) is 113 Å². The average molecular weight is 452 g/mol. The van der Waals surface area contributed by atoms with Crippen LogP contribution in [0.2, 0.25) is 0 Å². The molecule has 1 amide bonds. The molecule has 8 nitrogen and oxygen atoms in total. The van der Waals surface area contributed by atoms with Crippen molar-refractivity contribution < 1.29 is 21.6 Å². The van der Waals surface area contributed by atoms with Gasteiger partial charge < -0.3 is 5.32 Å². The third kappa shape index (κ3) is 4.76. The number of nitrogens with zero attached hydrogens (tertiary/aromatic N) is 1. The van der Waals surface area contributed by atoms with Gasteiger partial charge in [-0.15, -0.1) is 0 Å². The van der Waals surface area contributed by atoms with Crippen molar-refractivity contribution in [2.24, 2.45) is 0 Å². The number of anilines is 3. The fourth-order valence-electron chi connectivity index (χ4n) is 2.84. The Balaban J connectivity index is 1.66. The van der Waals surface area contributed by atoms with Crippen LogP contribution in [0.15, 0.2) is 48.5 Å². The Morgan fingerprint density at radius 3 is 2.03 bits per heavy atom. The summed E-state index contributed by atoms with van der Waals surface area (Å²) in [5.74, 6) is -0.213. The van der Waals surface area contributed by atoms with Crippen LogP contribution in [-0.4, -0.2) is 39.8 Å². The predicted octanol–water partition coefficient (Wildman–Crippen LogP) is 3.02. The summed E-state index contributed by atoms with van der Waals surface area (Å²) in [6, 6.07) is 12.7. The van der Waals surface area contributed by atoms with Gasteiger partial charge in [-0.05, 0) is 75.7 Å². The number of amides is 1. The van der Waals surface area contributed by atoms with Crippen LogP contribution < -0.4 is 14.3 Å². The van der Waals surface area contributed by atoms with Gasteiger partial charge in [0.05, 0.1) is 16.2 Å². The molecule has 2 aromatic rings. The molecule has 2 aromatic carbocycles. The summed E-state index contributed by atoms with van der Waals surface area (Å²) in [6.07, 6.45) is 0.600. The minimum atomic E-state index is -3.55. The van der Waals surface area contributed by atoms with E-state index in [1.165, 1.54) is 28.6 Å². The molecule has 1 aliphatic heterocycles. The zero-order valence-electron chi connectivity index (χ0n) is 17.0. The molecule has 30 heavy (non-hydrogen) atoms. The summed E-state index contributed by atoms with van der Waals surface area (Å²) >= 11 is 0. The van der Waals surface area contributed by atoms with E-state index >= 15 is 0 Å². The van der Waals surface area contributed by atoms with Crippen molar-refractivity contribution in [1.82, 2.24) is 0 Å². The minimum absolute atomic E-state index is 0.146. The molecule has 1 fully saturated rings. The standard InChI is InChI=1S/C20H25N3O5S2/c1-20(2,3)30(27,28)22-17-7-5-15(6-8-17)19(24)21-16-9-11-18(12-10-16)23-13-4-14-29(23,25)26/h5-12,22H,4,13-14H2,1-3H3,(H,21,24). The summed E-state index contributed by atoms with van der Waals surface area (Å²) in [6.45, 7) is 5.25. The molecule has 1 heterocycles. The lowest BCUT2D eigenvalue weighted by atomic mass is 10.2. The Labute approximate surface area is 177 Å². The van der Waals surface area contributed by atoms with Crippen LogP contribution in [-0.2, 0) is 20.0 Å². The number of carbonyl (C=O) groups is 1. The number of nitrogens with one attached hydrogen (secondary N) is 2. The first-order valence-electron chi connectivity index (χ1n) is 9.43. The Kier molecular flexibility index (Phi) is 5.83. The smallest absolute Gasteiger partial charge is 0.255 e. The molecule has 1 saturated heterocycles. The molecule has 2 N–H and O–H groups in total. The maximum Gasteiger partial charge on any atom is 0.255 e. The van der Waals surface area contributed by atoms with E-state index < -0.39 is 24.8 Å². The highest BCUT2D eigenvalue weighted by Crippen LogP contribution is 2.25. The van der Waals surface area contributed by atoms with Gasteiger partial charge in [0.25, 0.3) is 5.91 Å². The molecule has 0 bridgehead atoms. The van der Waals surface area contributed by atoms with Gasteiger partial charge in [0.2, 0.25) is 20.0 Å². The van der Waals surface area contributed by atoms with Crippen molar-refractivity contribution in [2.45, 2.75) is 31.9 Å². The van der Waals surface area contributed by atoms with Crippen LogP contribution in [0.4, 0.5) is 17.1 Å². The Hall–Kier alpha value is -2.59. The molecule has 0 radical (unpaired) electrons. The highest BCUT2D eigenvalue weighted by atomic mass is 32.2. The molecule has 162 valence electrons. The van der Waals surface area contributed by atoms with Crippen molar-refractivity contribution in [3.63, 3.8) is 0 Å². The quantitative estimate of drug-likeness (QED) is 0.726. The summed E-state index contributed by atoms with van der Waals surface area (Å²) in [5.41, 5.74) is 1.83. The van der Waals surface area contributed by atoms with Crippen LogP contribution in [0.25, 0.3) is 0 Å². The number of hydrogen-bond acceptors (Lipinski definition) is 5. The summed E-state index contributed by atoms with van der Waals surface area (Å²) in [5, 5.41) is 2.74. The fraction of sp³-hybridized carbons (Fsp3) is 0.350. The van der Waals surface area contributed by atoms with Crippen molar-refractivity contribution >= 4 is 43.0 Å². The van der Waals surface area contributed by atoms with Crippen molar-refractivity contribution in [3.8, 4) is 0 Å². The molecule has 0 saturated carbocycles. The first-order valence-corrected chi connectivity index (χ1v) is 12.5. The second-order valence-electron chi connectivity index (χ2n) is 8.04. The van der Waals surface area contributed by atoms with E-state index in [1.54, 1.807) is 45.0 Å². The van der Waals surface area contributed by atoms with E-state index in [0.717, 1.165) is 0 Å². The molecular weight excluding hydrogens is 426 g/mol. The SMILES string of the molecule is CC(C)(C)S(=O)(=O)Nc1ccc(C(=O)Nc2ccc(N3CCCS3(=O)=O)cc2)cc1. The Morgan fingerprint density at radius 1 is 0.967 bits per heavy atom. The molecule has 0 atom stereocenters. The first-order chi connectivity index (χ1) is 13.9. The van der Waals surface area contributed by atoms with E-state index in [2.05, 4.69) is 10.0 Å². The summed E-state index contributed by atoms with van der Waals surface area (Å²) in [7, 11) is -6.80. The third-order valence-corrected chi connectivity index (χ3v) is 8.70. The van der Waals surface area contributed by atoms with Gasteiger partial charge in [0.15, 0.2) is 0 Å². The Bertz CT molecular complexity index is 1130. The minimum Gasteiger partial charge on any atom is -0.322 e. The lowest BCUT2D eigenvalue weighted by molar-refractivity contribution is 0.102. The molecule has 3 rings (SSSR count). The normalized spacial score (nSPS) is 16.3. The van der Waals surface area contributed by atoms with Gasteiger partial charge in [-0.25, -0.2) is 16.8 Å². The van der Waals surface area contributed by atoms with E-state index in [-0.39, 0.29) is 11.7 Å². The number of rotatable bonds is 5. The van der Waals surface area contributed by atoms with Gasteiger partial charge in [0, 0.05) is 23.5 Å². The second-order valence-corrected chi connectivity index (χ2v) is 12.5. The summed E-state index contributed by atoms with van der Waals surface area (Å²) < 4.78 is 51.3. The maximum absolute atomic E-state index is 12.5. The number of benzene rings is 2. The fourth-order valence-corrected chi connectivity index (χ4v) is 5.16. The molecule has 10 heteroatoms.